The number of nitrogens with zero attached hydrogens (tertiary/aromatic N) is 1. The molecule has 1 aliphatic heterocycles. The Hall–Kier alpha value is -0.610. The Bertz CT molecular complexity index is 255. The summed E-state index contributed by atoms with van der Waals surface area (Å²) in [4.78, 5) is 13.8. The highest BCUT2D eigenvalue weighted by atomic mass is 16.3. The second-order valence-electron chi connectivity index (χ2n) is 6.28. The zero-order valence-corrected chi connectivity index (χ0v) is 12.0. The summed E-state index contributed by atoms with van der Waals surface area (Å²) in [6, 6.07) is 0. The number of hydrogen-bond acceptors (Lipinski definition) is 3. The van der Waals surface area contributed by atoms with Crippen molar-refractivity contribution in [2.24, 2.45) is 5.41 Å². The van der Waals surface area contributed by atoms with Crippen molar-refractivity contribution in [3.63, 3.8) is 0 Å². The van der Waals surface area contributed by atoms with Crippen molar-refractivity contribution in [3.8, 4) is 0 Å². The number of nitrogens with one attached hydrogen (secondary N) is 1. The van der Waals surface area contributed by atoms with Gasteiger partial charge in [-0.3, -0.25) is 4.79 Å². The first kappa shape index (κ1) is 15.4. The van der Waals surface area contributed by atoms with Crippen LogP contribution in [-0.4, -0.2) is 48.2 Å². The smallest absolute Gasteiger partial charge is 0.223 e. The van der Waals surface area contributed by atoms with Crippen molar-refractivity contribution in [2.45, 2.75) is 52.6 Å². The van der Waals surface area contributed by atoms with Gasteiger partial charge in [-0.05, 0) is 24.7 Å². The first-order valence-corrected chi connectivity index (χ1v) is 7.08. The van der Waals surface area contributed by atoms with Crippen LogP contribution >= 0.6 is 0 Å². The van der Waals surface area contributed by atoms with E-state index in [1.165, 1.54) is 6.42 Å². The molecule has 1 amide bonds. The van der Waals surface area contributed by atoms with Crippen LogP contribution in [-0.2, 0) is 4.79 Å². The summed E-state index contributed by atoms with van der Waals surface area (Å²) in [6.07, 6.45) is 3.70. The zero-order valence-electron chi connectivity index (χ0n) is 12.0. The molecule has 1 rings (SSSR count). The molecule has 2 N–H and O–H groups in total. The van der Waals surface area contributed by atoms with Gasteiger partial charge < -0.3 is 15.3 Å². The minimum Gasteiger partial charge on any atom is -0.391 e. The van der Waals surface area contributed by atoms with Crippen LogP contribution in [0.5, 0.6) is 0 Å². The number of aliphatic hydroxyl groups excluding tert-OH is 1. The maximum absolute atomic E-state index is 11.9. The molecule has 1 unspecified atom stereocenters. The van der Waals surface area contributed by atoms with Gasteiger partial charge in [0.25, 0.3) is 0 Å². The number of piperidine rings is 1. The number of rotatable bonds is 5. The molecule has 0 spiro atoms. The lowest BCUT2D eigenvalue weighted by Gasteiger charge is -2.28. The van der Waals surface area contributed by atoms with Gasteiger partial charge in [-0.1, -0.05) is 20.8 Å². The van der Waals surface area contributed by atoms with Crippen molar-refractivity contribution in [1.29, 1.82) is 0 Å². The standard InChI is InChI=1S/C14H28N2O2/c1-14(2,3)12(17)11-15-8-7-13(18)16-9-5-4-6-10-16/h12,15,17H,4-11H2,1-3H3. The monoisotopic (exact) mass is 256 g/mol. The molecule has 4 heteroatoms. The number of amides is 1. The van der Waals surface area contributed by atoms with Crippen LogP contribution in [0.25, 0.3) is 0 Å². The third kappa shape index (κ3) is 5.36. The van der Waals surface area contributed by atoms with E-state index in [2.05, 4.69) is 5.32 Å². The Morgan fingerprint density at radius 3 is 2.44 bits per heavy atom. The molecule has 0 aliphatic carbocycles. The third-order valence-corrected chi connectivity index (χ3v) is 3.56. The van der Waals surface area contributed by atoms with Crippen LogP contribution in [0.2, 0.25) is 0 Å². The van der Waals surface area contributed by atoms with E-state index in [0.717, 1.165) is 25.9 Å². The van der Waals surface area contributed by atoms with Crippen molar-refractivity contribution in [3.05, 3.63) is 0 Å². The minimum atomic E-state index is -0.373. The number of carbonyl (C=O) groups excluding carboxylic acids is 1. The third-order valence-electron chi connectivity index (χ3n) is 3.56. The molecule has 0 radical (unpaired) electrons. The SMILES string of the molecule is CC(C)(C)C(O)CNCCC(=O)N1CCCCC1. The van der Waals surface area contributed by atoms with Gasteiger partial charge in [-0.25, -0.2) is 0 Å². The average molecular weight is 256 g/mol. The highest BCUT2D eigenvalue weighted by molar-refractivity contribution is 5.76. The molecule has 0 aromatic carbocycles. The fourth-order valence-electron chi connectivity index (χ4n) is 2.04. The lowest BCUT2D eigenvalue weighted by molar-refractivity contribution is -0.132. The molecule has 0 aromatic rings. The Morgan fingerprint density at radius 1 is 1.28 bits per heavy atom. The first-order valence-electron chi connectivity index (χ1n) is 7.08. The maximum Gasteiger partial charge on any atom is 0.223 e. The summed E-state index contributed by atoms with van der Waals surface area (Å²) >= 11 is 0. The normalized spacial score (nSPS) is 18.8. The van der Waals surface area contributed by atoms with E-state index in [1.807, 2.05) is 25.7 Å². The summed E-state index contributed by atoms with van der Waals surface area (Å²) in [6.45, 7) is 9.08. The van der Waals surface area contributed by atoms with Crippen molar-refractivity contribution in [1.82, 2.24) is 10.2 Å². The quantitative estimate of drug-likeness (QED) is 0.731. The minimum absolute atomic E-state index is 0.107. The van der Waals surface area contributed by atoms with Gasteiger partial charge in [0.1, 0.15) is 0 Å². The van der Waals surface area contributed by atoms with Crippen LogP contribution in [0.1, 0.15) is 46.5 Å². The molecule has 0 aromatic heterocycles. The second-order valence-corrected chi connectivity index (χ2v) is 6.28. The number of likely N-dealkylation sites (tertiary alicyclic amines) is 1. The van der Waals surface area contributed by atoms with E-state index >= 15 is 0 Å². The van der Waals surface area contributed by atoms with E-state index in [1.54, 1.807) is 0 Å². The molecule has 0 bridgehead atoms. The van der Waals surface area contributed by atoms with E-state index in [4.69, 9.17) is 0 Å². The van der Waals surface area contributed by atoms with E-state index < -0.39 is 0 Å². The van der Waals surface area contributed by atoms with Crippen LogP contribution < -0.4 is 5.32 Å². The van der Waals surface area contributed by atoms with Gasteiger partial charge in [0, 0.05) is 32.6 Å². The zero-order chi connectivity index (χ0) is 13.6. The topological polar surface area (TPSA) is 52.6 Å². The van der Waals surface area contributed by atoms with Gasteiger partial charge in [0.05, 0.1) is 6.10 Å². The Kier molecular flexibility index (Phi) is 6.09. The van der Waals surface area contributed by atoms with Crippen LogP contribution in [0.4, 0.5) is 0 Å². The Morgan fingerprint density at radius 2 is 1.89 bits per heavy atom. The highest BCUT2D eigenvalue weighted by Crippen LogP contribution is 2.18. The van der Waals surface area contributed by atoms with Crippen LogP contribution in [0.15, 0.2) is 0 Å². The molecule has 0 saturated carbocycles. The predicted octanol–water partition coefficient (Wildman–Crippen LogP) is 1.39. The van der Waals surface area contributed by atoms with E-state index in [0.29, 0.717) is 19.5 Å². The van der Waals surface area contributed by atoms with Gasteiger partial charge in [-0.2, -0.15) is 0 Å². The van der Waals surface area contributed by atoms with Gasteiger partial charge >= 0.3 is 0 Å². The Labute approximate surface area is 111 Å². The summed E-state index contributed by atoms with van der Waals surface area (Å²) in [5.41, 5.74) is -0.107. The van der Waals surface area contributed by atoms with Gasteiger partial charge in [-0.15, -0.1) is 0 Å². The molecule has 1 fully saturated rings. The molecule has 18 heavy (non-hydrogen) atoms. The summed E-state index contributed by atoms with van der Waals surface area (Å²) in [7, 11) is 0. The average Bonchev–Trinajstić information content (AvgIpc) is 2.34. The fraction of sp³-hybridized carbons (Fsp3) is 0.929. The molecular weight excluding hydrogens is 228 g/mol. The molecule has 106 valence electrons. The van der Waals surface area contributed by atoms with Crippen molar-refractivity contribution in [2.75, 3.05) is 26.2 Å². The fourth-order valence-corrected chi connectivity index (χ4v) is 2.04. The number of hydrogen-bond donors (Lipinski definition) is 2. The first-order chi connectivity index (χ1) is 8.41. The lowest BCUT2D eigenvalue weighted by atomic mass is 9.89. The second kappa shape index (κ2) is 7.10. The largest absolute Gasteiger partial charge is 0.391 e. The summed E-state index contributed by atoms with van der Waals surface area (Å²) in [5.74, 6) is 0.243. The summed E-state index contributed by atoms with van der Waals surface area (Å²) < 4.78 is 0. The predicted molar refractivity (Wildman–Crippen MR) is 73.4 cm³/mol. The Balaban J connectivity index is 2.12. The van der Waals surface area contributed by atoms with Gasteiger partial charge in [0.15, 0.2) is 0 Å². The molecule has 1 aliphatic rings. The molecule has 1 heterocycles. The molecule has 1 saturated heterocycles. The maximum atomic E-state index is 11.9. The summed E-state index contributed by atoms with van der Waals surface area (Å²) in [5, 5.41) is 13.0. The van der Waals surface area contributed by atoms with E-state index in [-0.39, 0.29) is 17.4 Å². The lowest BCUT2D eigenvalue weighted by Crippen LogP contribution is -2.40. The number of carbonyl (C=O) groups is 1. The van der Waals surface area contributed by atoms with Gasteiger partial charge in [0.2, 0.25) is 5.91 Å². The highest BCUT2D eigenvalue weighted by Gasteiger charge is 2.21. The van der Waals surface area contributed by atoms with Crippen LogP contribution in [0.3, 0.4) is 0 Å². The molecular formula is C14H28N2O2. The van der Waals surface area contributed by atoms with E-state index in [9.17, 15) is 9.90 Å². The molecule has 4 nitrogen and oxygen atoms in total. The van der Waals surface area contributed by atoms with Crippen LogP contribution in [0, 0.1) is 5.41 Å². The number of aliphatic hydroxyl groups is 1. The molecule has 1 atom stereocenters. The van der Waals surface area contributed by atoms with Crippen molar-refractivity contribution < 1.29 is 9.90 Å². The van der Waals surface area contributed by atoms with Crippen molar-refractivity contribution >= 4 is 5.91 Å².